The monoisotopic (exact) mass is 415 g/mol. The van der Waals surface area contributed by atoms with Gasteiger partial charge < -0.3 is 9.30 Å². The van der Waals surface area contributed by atoms with Crippen LogP contribution in [0.3, 0.4) is 0 Å². The zero-order valence-corrected chi connectivity index (χ0v) is 18.2. The zero-order valence-electron chi connectivity index (χ0n) is 17.3. The molecule has 2 heterocycles. The van der Waals surface area contributed by atoms with Gasteiger partial charge in [-0.1, -0.05) is 13.3 Å². The second-order valence-corrected chi connectivity index (χ2v) is 9.30. The average molecular weight is 416 g/mol. The number of carbonyl (C=O) groups excluding carboxylic acids is 2. The van der Waals surface area contributed by atoms with Gasteiger partial charge in [0.1, 0.15) is 0 Å². The molecule has 0 aliphatic carbocycles. The van der Waals surface area contributed by atoms with Crippen LogP contribution in [0, 0.1) is 0 Å². The van der Waals surface area contributed by atoms with E-state index in [1.165, 1.54) is 0 Å². The SMILES string of the molecule is CCCCS(=O)c1ccc(C(=O)c2ccc3n2CCCC3C(=O)OC(C)C)cc1. The van der Waals surface area contributed by atoms with Crippen LogP contribution in [-0.4, -0.2) is 32.4 Å². The first-order valence-electron chi connectivity index (χ1n) is 10.4. The Hall–Kier alpha value is -2.21. The number of fused-ring (bicyclic) bond motifs is 1. The molecule has 0 radical (unpaired) electrons. The number of ketones is 1. The lowest BCUT2D eigenvalue weighted by Gasteiger charge is -2.25. The Morgan fingerprint density at radius 2 is 1.90 bits per heavy atom. The second kappa shape index (κ2) is 9.53. The van der Waals surface area contributed by atoms with Crippen molar-refractivity contribution in [1.82, 2.24) is 4.57 Å². The van der Waals surface area contributed by atoms with Crippen LogP contribution in [-0.2, 0) is 26.9 Å². The van der Waals surface area contributed by atoms with E-state index < -0.39 is 10.8 Å². The summed E-state index contributed by atoms with van der Waals surface area (Å²) in [6.45, 7) is 6.47. The summed E-state index contributed by atoms with van der Waals surface area (Å²) in [5.74, 6) is 0.0113. The molecular formula is C23H29NO4S. The van der Waals surface area contributed by atoms with Crippen LogP contribution in [0.5, 0.6) is 0 Å². The van der Waals surface area contributed by atoms with Crippen molar-refractivity contribution in [2.75, 3.05) is 5.75 Å². The van der Waals surface area contributed by atoms with E-state index >= 15 is 0 Å². The van der Waals surface area contributed by atoms with Crippen LogP contribution in [0.4, 0.5) is 0 Å². The van der Waals surface area contributed by atoms with E-state index in [9.17, 15) is 13.8 Å². The topological polar surface area (TPSA) is 65.4 Å². The van der Waals surface area contributed by atoms with Gasteiger partial charge in [0.2, 0.25) is 5.78 Å². The first-order chi connectivity index (χ1) is 13.9. The first kappa shape index (κ1) is 21.5. The van der Waals surface area contributed by atoms with E-state index in [-0.39, 0.29) is 23.8 Å². The molecule has 2 aromatic rings. The predicted molar refractivity (Wildman–Crippen MR) is 114 cm³/mol. The highest BCUT2D eigenvalue weighted by Gasteiger charge is 2.31. The molecule has 1 aromatic heterocycles. The summed E-state index contributed by atoms with van der Waals surface area (Å²) in [4.78, 5) is 26.3. The van der Waals surface area contributed by atoms with Crippen molar-refractivity contribution in [3.8, 4) is 0 Å². The van der Waals surface area contributed by atoms with E-state index in [1.807, 2.05) is 24.5 Å². The quantitative estimate of drug-likeness (QED) is 0.472. The third kappa shape index (κ3) is 4.86. The van der Waals surface area contributed by atoms with Gasteiger partial charge in [0.15, 0.2) is 0 Å². The maximum Gasteiger partial charge on any atom is 0.315 e. The van der Waals surface area contributed by atoms with Crippen molar-refractivity contribution in [1.29, 1.82) is 0 Å². The Labute approximate surface area is 174 Å². The lowest BCUT2D eigenvalue weighted by molar-refractivity contribution is -0.149. The van der Waals surface area contributed by atoms with Crippen molar-refractivity contribution in [3.05, 3.63) is 53.3 Å². The third-order valence-corrected chi connectivity index (χ3v) is 6.64. The molecule has 6 heteroatoms. The predicted octanol–water partition coefficient (Wildman–Crippen LogP) is 4.46. The normalized spacial score (nSPS) is 17.0. The highest BCUT2D eigenvalue weighted by molar-refractivity contribution is 7.85. The fourth-order valence-corrected chi connectivity index (χ4v) is 4.92. The molecule has 2 unspecified atom stereocenters. The number of unbranched alkanes of at least 4 members (excludes halogenated alkanes) is 1. The first-order valence-corrected chi connectivity index (χ1v) is 11.7. The minimum Gasteiger partial charge on any atom is -0.462 e. The van der Waals surface area contributed by atoms with Crippen molar-refractivity contribution in [2.45, 2.75) is 69.9 Å². The van der Waals surface area contributed by atoms with Gasteiger partial charge in [-0.3, -0.25) is 13.8 Å². The minimum absolute atomic E-state index is 0.0833. The molecule has 29 heavy (non-hydrogen) atoms. The summed E-state index contributed by atoms with van der Waals surface area (Å²) in [5.41, 5.74) is 2.00. The highest BCUT2D eigenvalue weighted by atomic mass is 32.2. The molecule has 0 saturated heterocycles. The lowest BCUT2D eigenvalue weighted by Crippen LogP contribution is -2.27. The number of hydrogen-bond donors (Lipinski definition) is 0. The number of esters is 1. The highest BCUT2D eigenvalue weighted by Crippen LogP contribution is 2.31. The van der Waals surface area contributed by atoms with E-state index in [2.05, 4.69) is 6.92 Å². The fraction of sp³-hybridized carbons (Fsp3) is 0.478. The maximum absolute atomic E-state index is 13.1. The number of nitrogens with zero attached hydrogens (tertiary/aromatic N) is 1. The van der Waals surface area contributed by atoms with Crippen molar-refractivity contribution < 1.29 is 18.5 Å². The van der Waals surface area contributed by atoms with Gasteiger partial charge in [0.25, 0.3) is 0 Å². The molecule has 2 atom stereocenters. The van der Waals surface area contributed by atoms with Gasteiger partial charge in [0.05, 0.1) is 28.5 Å². The number of rotatable bonds is 8. The Bertz CT molecular complexity index is 898. The molecule has 156 valence electrons. The van der Waals surface area contributed by atoms with Gasteiger partial charge in [-0.05, 0) is 69.5 Å². The van der Waals surface area contributed by atoms with Gasteiger partial charge in [0, 0.05) is 28.5 Å². The molecule has 0 spiro atoms. The molecule has 5 nitrogen and oxygen atoms in total. The molecule has 1 aliphatic heterocycles. The summed E-state index contributed by atoms with van der Waals surface area (Å²) in [5, 5.41) is 0. The standard InChI is InChI=1S/C23H29NO4S/c1-4-5-15-29(27)18-10-8-17(9-11-18)22(25)21-13-12-20-19(7-6-14-24(20)21)23(26)28-16(2)3/h8-13,16,19H,4-7,14-15H2,1-3H3. The maximum atomic E-state index is 13.1. The number of hydrogen-bond acceptors (Lipinski definition) is 4. The smallest absolute Gasteiger partial charge is 0.315 e. The van der Waals surface area contributed by atoms with Crippen molar-refractivity contribution in [3.63, 3.8) is 0 Å². The third-order valence-electron chi connectivity index (χ3n) is 5.18. The van der Waals surface area contributed by atoms with E-state index in [0.717, 1.165) is 36.3 Å². The minimum atomic E-state index is -1.03. The van der Waals surface area contributed by atoms with E-state index in [1.54, 1.807) is 30.3 Å². The number of benzene rings is 1. The van der Waals surface area contributed by atoms with Crippen LogP contribution < -0.4 is 0 Å². The lowest BCUT2D eigenvalue weighted by atomic mass is 9.96. The molecule has 0 N–H and O–H groups in total. The van der Waals surface area contributed by atoms with E-state index in [4.69, 9.17) is 4.74 Å². The summed E-state index contributed by atoms with van der Waals surface area (Å²) in [6.07, 6.45) is 3.34. The molecule has 0 amide bonds. The van der Waals surface area contributed by atoms with Gasteiger partial charge >= 0.3 is 5.97 Å². The van der Waals surface area contributed by atoms with Crippen molar-refractivity contribution in [2.24, 2.45) is 0 Å². The van der Waals surface area contributed by atoms with Crippen LogP contribution in [0.2, 0.25) is 0 Å². The van der Waals surface area contributed by atoms with Crippen LogP contribution in [0.15, 0.2) is 41.3 Å². The number of aromatic nitrogens is 1. The van der Waals surface area contributed by atoms with Gasteiger partial charge in [-0.15, -0.1) is 0 Å². The molecule has 0 bridgehead atoms. The summed E-state index contributed by atoms with van der Waals surface area (Å²) < 4.78 is 19.6. The fourth-order valence-electron chi connectivity index (χ4n) is 3.69. The van der Waals surface area contributed by atoms with Gasteiger partial charge in [-0.2, -0.15) is 0 Å². The molecule has 1 aromatic carbocycles. The van der Waals surface area contributed by atoms with Gasteiger partial charge in [-0.25, -0.2) is 0 Å². The largest absolute Gasteiger partial charge is 0.462 e. The Morgan fingerprint density at radius 1 is 1.17 bits per heavy atom. The van der Waals surface area contributed by atoms with Crippen molar-refractivity contribution >= 4 is 22.6 Å². The average Bonchev–Trinajstić information content (AvgIpc) is 3.15. The number of ether oxygens (including phenoxy) is 1. The second-order valence-electron chi connectivity index (χ2n) is 7.73. The number of carbonyl (C=O) groups is 2. The van der Waals surface area contributed by atoms with E-state index in [0.29, 0.717) is 23.6 Å². The molecular weight excluding hydrogens is 386 g/mol. The molecule has 0 saturated carbocycles. The molecule has 0 fully saturated rings. The Kier molecular flexibility index (Phi) is 7.06. The summed E-state index contributed by atoms with van der Waals surface area (Å²) >= 11 is 0. The van der Waals surface area contributed by atoms with Crippen LogP contribution in [0.25, 0.3) is 0 Å². The molecule has 3 rings (SSSR count). The zero-order chi connectivity index (χ0) is 21.0. The summed E-state index contributed by atoms with van der Waals surface area (Å²) in [6, 6.07) is 10.7. The Balaban J connectivity index is 1.80. The van der Waals surface area contributed by atoms with Crippen LogP contribution >= 0.6 is 0 Å². The molecule has 1 aliphatic rings. The van der Waals surface area contributed by atoms with Crippen LogP contribution in [0.1, 0.15) is 74.1 Å². The summed E-state index contributed by atoms with van der Waals surface area (Å²) in [7, 11) is -1.03. The Morgan fingerprint density at radius 3 is 2.55 bits per heavy atom.